The Morgan fingerprint density at radius 1 is 1.67 bits per heavy atom. The summed E-state index contributed by atoms with van der Waals surface area (Å²) < 4.78 is 0. The van der Waals surface area contributed by atoms with Crippen LogP contribution in [0.5, 0.6) is 0 Å². The molecule has 0 bridgehead atoms. The largest absolute Gasteiger partial charge is 0.343 e. The lowest BCUT2D eigenvalue weighted by atomic mass is 10.1. The summed E-state index contributed by atoms with van der Waals surface area (Å²) in [7, 11) is 0. The maximum Gasteiger partial charge on any atom is 0.223 e. The molecule has 0 saturated carbocycles. The summed E-state index contributed by atoms with van der Waals surface area (Å²) in [5.41, 5.74) is 0. The van der Waals surface area contributed by atoms with Gasteiger partial charge in [-0.3, -0.25) is 4.79 Å². The highest BCUT2D eigenvalue weighted by Crippen LogP contribution is 2.03. The molecule has 0 aromatic carbocycles. The molecule has 1 heterocycles. The Labute approximate surface area is 74.1 Å². The van der Waals surface area contributed by atoms with E-state index in [1.165, 1.54) is 0 Å². The molecule has 1 aliphatic heterocycles. The molecule has 0 aromatic rings. The van der Waals surface area contributed by atoms with Gasteiger partial charge < -0.3 is 10.2 Å². The van der Waals surface area contributed by atoms with Crippen LogP contribution in [0.15, 0.2) is 0 Å². The highest BCUT2D eigenvalue weighted by atomic mass is 16.2. The van der Waals surface area contributed by atoms with E-state index < -0.39 is 0 Å². The molecule has 1 saturated heterocycles. The van der Waals surface area contributed by atoms with Crippen molar-refractivity contribution >= 4 is 5.91 Å². The van der Waals surface area contributed by atoms with Gasteiger partial charge in [-0.1, -0.05) is 6.92 Å². The van der Waals surface area contributed by atoms with Gasteiger partial charge in [0, 0.05) is 26.1 Å². The van der Waals surface area contributed by atoms with E-state index in [1.54, 1.807) is 0 Å². The number of hydrogen-bond acceptors (Lipinski definition) is 2. The van der Waals surface area contributed by atoms with Gasteiger partial charge in [0.05, 0.1) is 0 Å². The molecule has 0 radical (unpaired) electrons. The minimum absolute atomic E-state index is 0.288. The van der Waals surface area contributed by atoms with E-state index in [1.807, 2.05) is 11.8 Å². The molecule has 70 valence electrons. The Kier molecular flexibility index (Phi) is 3.53. The minimum Gasteiger partial charge on any atom is -0.343 e. The Morgan fingerprint density at radius 3 is 3.08 bits per heavy atom. The third-order valence-electron chi connectivity index (χ3n) is 2.27. The van der Waals surface area contributed by atoms with E-state index in [0.717, 1.165) is 26.2 Å². The number of rotatable bonds is 1. The molecule has 0 aromatic heterocycles. The Bertz CT molecular complexity index is 159. The zero-order chi connectivity index (χ0) is 8.97. The maximum absolute atomic E-state index is 11.4. The van der Waals surface area contributed by atoms with Crippen molar-refractivity contribution in [3.8, 4) is 0 Å². The number of carbonyl (C=O) groups is 1. The molecule has 3 heteroatoms. The zero-order valence-electron chi connectivity index (χ0n) is 7.97. The number of amides is 1. The van der Waals surface area contributed by atoms with Crippen LogP contribution in [-0.4, -0.2) is 37.0 Å². The van der Waals surface area contributed by atoms with Crippen molar-refractivity contribution in [1.29, 1.82) is 0 Å². The van der Waals surface area contributed by atoms with E-state index in [9.17, 15) is 4.79 Å². The first kappa shape index (κ1) is 9.52. The van der Waals surface area contributed by atoms with Crippen LogP contribution in [0.2, 0.25) is 0 Å². The smallest absolute Gasteiger partial charge is 0.223 e. The van der Waals surface area contributed by atoms with Crippen molar-refractivity contribution in [3.63, 3.8) is 0 Å². The SMILES string of the molecule is CCN1CC(C)CNCCC1=O. The summed E-state index contributed by atoms with van der Waals surface area (Å²) in [5.74, 6) is 0.866. The van der Waals surface area contributed by atoms with E-state index in [0.29, 0.717) is 12.3 Å². The normalized spacial score (nSPS) is 26.7. The van der Waals surface area contributed by atoms with Crippen LogP contribution in [0.25, 0.3) is 0 Å². The van der Waals surface area contributed by atoms with E-state index in [2.05, 4.69) is 12.2 Å². The topological polar surface area (TPSA) is 32.3 Å². The van der Waals surface area contributed by atoms with Gasteiger partial charge in [0.25, 0.3) is 0 Å². The third kappa shape index (κ3) is 2.48. The first-order valence-electron chi connectivity index (χ1n) is 4.72. The van der Waals surface area contributed by atoms with Gasteiger partial charge in [0.1, 0.15) is 0 Å². The predicted molar refractivity (Wildman–Crippen MR) is 48.9 cm³/mol. The van der Waals surface area contributed by atoms with Crippen LogP contribution >= 0.6 is 0 Å². The second-order valence-electron chi connectivity index (χ2n) is 3.49. The Hall–Kier alpha value is -0.570. The lowest BCUT2D eigenvalue weighted by Crippen LogP contribution is -2.42. The molecule has 1 unspecified atom stereocenters. The molecule has 1 amide bonds. The summed E-state index contributed by atoms with van der Waals surface area (Å²) in [6.07, 6.45) is 0.653. The molecule has 1 N–H and O–H groups in total. The van der Waals surface area contributed by atoms with E-state index in [-0.39, 0.29) is 5.91 Å². The van der Waals surface area contributed by atoms with Crippen molar-refractivity contribution in [1.82, 2.24) is 10.2 Å². The summed E-state index contributed by atoms with van der Waals surface area (Å²) >= 11 is 0. The fourth-order valence-electron chi connectivity index (χ4n) is 1.55. The molecule has 0 aliphatic carbocycles. The Morgan fingerprint density at radius 2 is 2.42 bits per heavy atom. The average Bonchev–Trinajstić information content (AvgIpc) is 2.05. The highest BCUT2D eigenvalue weighted by Gasteiger charge is 2.16. The van der Waals surface area contributed by atoms with Gasteiger partial charge in [0.2, 0.25) is 5.91 Å². The molecule has 1 atom stereocenters. The third-order valence-corrected chi connectivity index (χ3v) is 2.27. The quantitative estimate of drug-likeness (QED) is 0.620. The molecule has 1 fully saturated rings. The fraction of sp³-hybridized carbons (Fsp3) is 0.889. The Balaban J connectivity index is 2.49. The van der Waals surface area contributed by atoms with Crippen LogP contribution in [0, 0.1) is 5.92 Å². The molecule has 0 spiro atoms. The summed E-state index contributed by atoms with van der Waals surface area (Å²) in [6.45, 7) is 7.84. The van der Waals surface area contributed by atoms with Crippen LogP contribution in [0.1, 0.15) is 20.3 Å². The van der Waals surface area contributed by atoms with Crippen molar-refractivity contribution in [2.75, 3.05) is 26.2 Å². The van der Waals surface area contributed by atoms with E-state index in [4.69, 9.17) is 0 Å². The number of nitrogens with zero attached hydrogens (tertiary/aromatic N) is 1. The second-order valence-corrected chi connectivity index (χ2v) is 3.49. The first-order valence-corrected chi connectivity index (χ1v) is 4.72. The van der Waals surface area contributed by atoms with Crippen molar-refractivity contribution < 1.29 is 4.79 Å². The molecular formula is C9H18N2O. The van der Waals surface area contributed by atoms with Gasteiger partial charge in [-0.15, -0.1) is 0 Å². The molecule has 3 nitrogen and oxygen atoms in total. The lowest BCUT2D eigenvalue weighted by Gasteiger charge is -2.27. The number of carbonyl (C=O) groups excluding carboxylic acids is 1. The number of nitrogens with one attached hydrogen (secondary N) is 1. The van der Waals surface area contributed by atoms with Crippen LogP contribution in [0.4, 0.5) is 0 Å². The highest BCUT2D eigenvalue weighted by molar-refractivity contribution is 5.76. The standard InChI is InChI=1S/C9H18N2O/c1-3-11-7-8(2)6-10-5-4-9(11)12/h8,10H,3-7H2,1-2H3. The zero-order valence-corrected chi connectivity index (χ0v) is 7.97. The number of hydrogen-bond donors (Lipinski definition) is 1. The van der Waals surface area contributed by atoms with Gasteiger partial charge in [0.15, 0.2) is 0 Å². The van der Waals surface area contributed by atoms with E-state index >= 15 is 0 Å². The van der Waals surface area contributed by atoms with Gasteiger partial charge in [-0.05, 0) is 19.4 Å². The summed E-state index contributed by atoms with van der Waals surface area (Å²) in [5, 5.41) is 3.26. The molecular weight excluding hydrogens is 152 g/mol. The van der Waals surface area contributed by atoms with Crippen LogP contribution < -0.4 is 5.32 Å². The van der Waals surface area contributed by atoms with Gasteiger partial charge in [-0.2, -0.15) is 0 Å². The summed E-state index contributed by atoms with van der Waals surface area (Å²) in [6, 6.07) is 0. The fourth-order valence-corrected chi connectivity index (χ4v) is 1.55. The monoisotopic (exact) mass is 170 g/mol. The van der Waals surface area contributed by atoms with Crippen LogP contribution in [-0.2, 0) is 4.79 Å². The van der Waals surface area contributed by atoms with Gasteiger partial charge >= 0.3 is 0 Å². The molecule has 1 aliphatic rings. The molecule has 12 heavy (non-hydrogen) atoms. The maximum atomic E-state index is 11.4. The summed E-state index contributed by atoms with van der Waals surface area (Å²) in [4.78, 5) is 13.4. The van der Waals surface area contributed by atoms with Crippen LogP contribution in [0.3, 0.4) is 0 Å². The van der Waals surface area contributed by atoms with Crippen molar-refractivity contribution in [2.24, 2.45) is 5.92 Å². The second kappa shape index (κ2) is 4.45. The minimum atomic E-state index is 0.288. The molecule has 1 rings (SSSR count). The average molecular weight is 170 g/mol. The lowest BCUT2D eigenvalue weighted by molar-refractivity contribution is -0.131. The van der Waals surface area contributed by atoms with Gasteiger partial charge in [-0.25, -0.2) is 0 Å². The first-order chi connectivity index (χ1) is 5.74. The van der Waals surface area contributed by atoms with Crippen molar-refractivity contribution in [2.45, 2.75) is 20.3 Å². The van der Waals surface area contributed by atoms with Crippen molar-refractivity contribution in [3.05, 3.63) is 0 Å². The predicted octanol–water partition coefficient (Wildman–Crippen LogP) is 0.464.